The highest BCUT2D eigenvalue weighted by Crippen LogP contribution is 2.42. The molecule has 1 spiro atoms. The molecule has 6 nitrogen and oxygen atoms in total. The zero-order valence-corrected chi connectivity index (χ0v) is 21.3. The van der Waals surface area contributed by atoms with Crippen LogP contribution in [0.1, 0.15) is 54.6 Å². The van der Waals surface area contributed by atoms with Crippen LogP contribution >= 0.6 is 11.6 Å². The van der Waals surface area contributed by atoms with Crippen LogP contribution in [0.2, 0.25) is 5.02 Å². The minimum absolute atomic E-state index is 0.0665. The number of hydrogen-bond acceptors (Lipinski definition) is 4. The number of nitrogens with one attached hydrogen (secondary N) is 1. The molecule has 8 heteroatoms. The lowest BCUT2D eigenvalue weighted by atomic mass is 9.70. The first-order chi connectivity index (χ1) is 16.2. The second kappa shape index (κ2) is 10.1. The molecule has 1 unspecified atom stereocenters. The van der Waals surface area contributed by atoms with E-state index in [2.05, 4.69) is 21.8 Å². The molecule has 34 heavy (non-hydrogen) atoms. The highest BCUT2D eigenvalue weighted by Gasteiger charge is 2.39. The molecular weight excluding hydrogens is 470 g/mol. The minimum atomic E-state index is -3.12. The van der Waals surface area contributed by atoms with Crippen molar-refractivity contribution in [3.8, 4) is 5.75 Å². The summed E-state index contributed by atoms with van der Waals surface area (Å²) in [5.41, 5.74) is 3.43. The Balaban J connectivity index is 1.54. The molecule has 0 saturated heterocycles. The number of aryl methyl sites for hydroxylation is 1. The second-order valence-corrected chi connectivity index (χ2v) is 11.8. The van der Waals surface area contributed by atoms with Crippen LogP contribution in [-0.4, -0.2) is 29.0 Å². The van der Waals surface area contributed by atoms with Gasteiger partial charge in [0.2, 0.25) is 0 Å². The molecule has 4 rings (SSSR count). The summed E-state index contributed by atoms with van der Waals surface area (Å²) in [6, 6.07) is 11.2. The normalized spacial score (nSPS) is 22.0. The lowest BCUT2D eigenvalue weighted by Crippen LogP contribution is -2.41. The van der Waals surface area contributed by atoms with E-state index >= 15 is 0 Å². The average Bonchev–Trinajstić information content (AvgIpc) is 2.97. The molecule has 1 aliphatic carbocycles. The Labute approximate surface area is 207 Å². The van der Waals surface area contributed by atoms with Gasteiger partial charge in [0.25, 0.3) is 5.91 Å². The van der Waals surface area contributed by atoms with Gasteiger partial charge in [-0.25, -0.2) is 9.35 Å². The van der Waals surface area contributed by atoms with Crippen LogP contribution in [0.5, 0.6) is 5.75 Å². The van der Waals surface area contributed by atoms with Crippen LogP contribution in [0.25, 0.3) is 0 Å². The number of anilines is 1. The van der Waals surface area contributed by atoms with E-state index in [0.717, 1.165) is 36.4 Å². The number of amides is 1. The summed E-state index contributed by atoms with van der Waals surface area (Å²) in [6.45, 7) is 5.10. The quantitative estimate of drug-likeness (QED) is 0.529. The fourth-order valence-corrected chi connectivity index (χ4v) is 6.51. The van der Waals surface area contributed by atoms with Gasteiger partial charge in [-0.1, -0.05) is 36.7 Å². The summed E-state index contributed by atoms with van der Waals surface area (Å²) in [6.07, 6.45) is 7.75. The first kappa shape index (κ1) is 24.8. The number of hydrogen-bond donors (Lipinski definition) is 2. The lowest BCUT2D eigenvalue weighted by molar-refractivity contribution is 0.100. The van der Waals surface area contributed by atoms with E-state index in [1.165, 1.54) is 11.1 Å². The van der Waals surface area contributed by atoms with Gasteiger partial charge in [0.05, 0.1) is 12.3 Å². The molecule has 0 bridgehead atoms. The summed E-state index contributed by atoms with van der Waals surface area (Å²) in [4.78, 5) is 12.8. The van der Waals surface area contributed by atoms with Crippen LogP contribution < -0.4 is 15.2 Å². The third-order valence-electron chi connectivity index (χ3n) is 6.62. The van der Waals surface area contributed by atoms with Crippen LogP contribution in [0.4, 0.5) is 5.69 Å². The maximum absolute atomic E-state index is 12.8. The van der Waals surface area contributed by atoms with E-state index in [4.69, 9.17) is 21.5 Å². The van der Waals surface area contributed by atoms with Crippen LogP contribution in [0.3, 0.4) is 0 Å². The Morgan fingerprint density at radius 2 is 2.18 bits per heavy atom. The zero-order chi connectivity index (χ0) is 24.3. The molecule has 0 radical (unpaired) electrons. The van der Waals surface area contributed by atoms with Gasteiger partial charge >= 0.3 is 0 Å². The van der Waals surface area contributed by atoms with Crippen molar-refractivity contribution in [2.24, 2.45) is 15.4 Å². The molecule has 1 amide bonds. The van der Waals surface area contributed by atoms with Crippen molar-refractivity contribution in [2.75, 3.05) is 24.2 Å². The summed E-state index contributed by atoms with van der Waals surface area (Å²) in [5.74, 6) is 0.341. The molecule has 182 valence electrons. The smallest absolute Gasteiger partial charge is 0.286 e. The molecule has 2 aromatic carbocycles. The van der Waals surface area contributed by atoms with E-state index < -0.39 is 15.8 Å². The Bertz CT molecular complexity index is 1240. The Morgan fingerprint density at radius 1 is 1.35 bits per heavy atom. The fourth-order valence-electron chi connectivity index (χ4n) is 4.90. The van der Waals surface area contributed by atoms with E-state index in [1.807, 2.05) is 32.1 Å². The number of carbonyl (C=O) groups is 1. The van der Waals surface area contributed by atoms with E-state index in [1.54, 1.807) is 18.2 Å². The van der Waals surface area contributed by atoms with Crippen molar-refractivity contribution < 1.29 is 13.7 Å². The lowest BCUT2D eigenvalue weighted by Gasteiger charge is -2.37. The third-order valence-corrected chi connectivity index (χ3v) is 8.38. The Hall–Kier alpha value is -2.35. The van der Waals surface area contributed by atoms with Gasteiger partial charge in [0.15, 0.2) is 0 Å². The van der Waals surface area contributed by atoms with E-state index in [9.17, 15) is 9.00 Å². The first-order valence-corrected chi connectivity index (χ1v) is 13.8. The van der Waals surface area contributed by atoms with Gasteiger partial charge in [0.1, 0.15) is 15.7 Å². The Morgan fingerprint density at radius 3 is 2.97 bits per heavy atom. The summed E-state index contributed by atoms with van der Waals surface area (Å²) >= 11 is 6.23. The van der Waals surface area contributed by atoms with Crippen molar-refractivity contribution in [3.63, 3.8) is 0 Å². The van der Waals surface area contributed by atoms with Gasteiger partial charge in [-0.3, -0.25) is 4.79 Å². The van der Waals surface area contributed by atoms with Crippen molar-refractivity contribution in [3.05, 3.63) is 70.3 Å². The van der Waals surface area contributed by atoms with E-state index in [-0.39, 0.29) is 17.1 Å². The van der Waals surface area contributed by atoms with Crippen molar-refractivity contribution in [1.82, 2.24) is 0 Å². The standard InChI is InChI=1S/C26H32ClN3O3S/c1-3-4-6-18(2)15-34(28,32)30-25(31)20-8-11-24-23(14-20)29-16-26(17-33-24)12-5-7-19-13-21(27)9-10-22(19)26/h3-4,8-11,13-14,18,29H,5-7,12,15-17H2,1-2H3,(H2,28,30,31,32)/b4-3-/t18-,26-,34?/m0/s1. The molecular formula is C26H32ClN3O3S. The number of halogens is 1. The Kier molecular flexibility index (Phi) is 7.36. The molecule has 2 aliphatic rings. The second-order valence-electron chi connectivity index (χ2n) is 9.45. The van der Waals surface area contributed by atoms with Crippen molar-refractivity contribution >= 4 is 33.1 Å². The number of ether oxygens (including phenoxy) is 1. The molecule has 2 aromatic rings. The number of rotatable bonds is 5. The molecule has 1 aliphatic heterocycles. The predicted octanol–water partition coefficient (Wildman–Crippen LogP) is 5.50. The maximum Gasteiger partial charge on any atom is 0.286 e. The largest absolute Gasteiger partial charge is 0.490 e. The monoisotopic (exact) mass is 501 g/mol. The minimum Gasteiger partial charge on any atom is -0.490 e. The number of nitrogens with zero attached hydrogens (tertiary/aromatic N) is 1. The molecule has 1 heterocycles. The number of carbonyl (C=O) groups excluding carboxylic acids is 1. The number of nitrogens with two attached hydrogens (primary N) is 1. The fraction of sp³-hybridized carbons (Fsp3) is 0.423. The SMILES string of the molecule is C/C=C\C[C@H](C)CS(N)(=O)=NC(=O)c1ccc2c(c1)NC[C@@]1(CCCc3cc(Cl)ccc31)CO2. The highest BCUT2D eigenvalue weighted by molar-refractivity contribution is 7.91. The van der Waals surface area contributed by atoms with Gasteiger partial charge in [-0.2, -0.15) is 0 Å². The molecule has 3 N–H and O–H groups in total. The summed E-state index contributed by atoms with van der Waals surface area (Å²) in [5, 5.41) is 10.1. The van der Waals surface area contributed by atoms with Crippen LogP contribution in [0, 0.1) is 5.92 Å². The van der Waals surface area contributed by atoms with Crippen LogP contribution in [0.15, 0.2) is 52.9 Å². The molecule has 0 aromatic heterocycles. The number of fused-ring (bicyclic) bond motifs is 3. The maximum atomic E-state index is 12.8. The van der Waals surface area contributed by atoms with E-state index in [0.29, 0.717) is 24.5 Å². The molecule has 0 fully saturated rings. The van der Waals surface area contributed by atoms with Crippen molar-refractivity contribution in [1.29, 1.82) is 0 Å². The summed E-state index contributed by atoms with van der Waals surface area (Å²) in [7, 11) is -3.12. The topological polar surface area (TPSA) is 93.8 Å². The third kappa shape index (κ3) is 5.48. The summed E-state index contributed by atoms with van der Waals surface area (Å²) < 4.78 is 22.9. The van der Waals surface area contributed by atoms with Crippen molar-refractivity contribution in [2.45, 2.75) is 44.9 Å². The number of benzene rings is 2. The van der Waals surface area contributed by atoms with Gasteiger partial charge in [-0.15, -0.1) is 4.36 Å². The van der Waals surface area contributed by atoms with Gasteiger partial charge < -0.3 is 10.1 Å². The zero-order valence-electron chi connectivity index (χ0n) is 19.7. The first-order valence-electron chi connectivity index (χ1n) is 11.7. The molecule has 3 atom stereocenters. The average molecular weight is 502 g/mol. The molecule has 0 saturated carbocycles. The van der Waals surface area contributed by atoms with Gasteiger partial charge in [-0.05, 0) is 80.0 Å². The van der Waals surface area contributed by atoms with Crippen LogP contribution in [-0.2, 0) is 21.8 Å². The highest BCUT2D eigenvalue weighted by atomic mass is 35.5. The number of allylic oxidation sites excluding steroid dienone is 2. The predicted molar refractivity (Wildman–Crippen MR) is 139 cm³/mol. The van der Waals surface area contributed by atoms with Gasteiger partial charge in [0, 0.05) is 28.3 Å².